The Hall–Kier alpha value is -1.59. The van der Waals surface area contributed by atoms with E-state index < -0.39 is 0 Å². The summed E-state index contributed by atoms with van der Waals surface area (Å²) in [6, 6.07) is 8.44. The quantitative estimate of drug-likeness (QED) is 0.921. The molecule has 0 aliphatic carbocycles. The molecule has 1 fully saturated rings. The van der Waals surface area contributed by atoms with Crippen LogP contribution < -0.4 is 15.0 Å². The number of benzene rings is 1. The number of nitrogens with one attached hydrogen (secondary N) is 1. The molecule has 2 heterocycles. The van der Waals surface area contributed by atoms with E-state index in [0.717, 1.165) is 44.0 Å². The van der Waals surface area contributed by atoms with Crippen LogP contribution in [0.2, 0.25) is 0 Å². The largest absolute Gasteiger partial charge is 0.493 e. The molecule has 1 aromatic heterocycles. The molecule has 0 atom stereocenters. The van der Waals surface area contributed by atoms with Crippen molar-refractivity contribution in [1.29, 1.82) is 0 Å². The molecule has 2 aromatic rings. The molecule has 0 bridgehead atoms. The van der Waals surface area contributed by atoms with Crippen molar-refractivity contribution in [2.75, 3.05) is 37.7 Å². The van der Waals surface area contributed by atoms with E-state index in [-0.39, 0.29) is 0 Å². The highest BCUT2D eigenvalue weighted by Crippen LogP contribution is 2.20. The van der Waals surface area contributed by atoms with Gasteiger partial charge in [0.1, 0.15) is 5.75 Å². The molecule has 21 heavy (non-hydrogen) atoms. The van der Waals surface area contributed by atoms with Gasteiger partial charge in [0, 0.05) is 43.2 Å². The maximum atomic E-state index is 5.82. The first-order valence-corrected chi connectivity index (χ1v) is 8.28. The summed E-state index contributed by atoms with van der Waals surface area (Å²) in [4.78, 5) is 7.97. The Morgan fingerprint density at radius 1 is 1.24 bits per heavy atom. The molecule has 1 aromatic carbocycles. The fourth-order valence-electron chi connectivity index (χ4n) is 2.50. The molecule has 0 amide bonds. The SMILES string of the molecule is Cc1ncsc1CCOc1ccc(N2CCNCC2)cc1. The minimum absolute atomic E-state index is 0.704. The van der Waals surface area contributed by atoms with Crippen molar-refractivity contribution >= 4 is 17.0 Å². The van der Waals surface area contributed by atoms with Crippen molar-refractivity contribution in [3.63, 3.8) is 0 Å². The van der Waals surface area contributed by atoms with Crippen molar-refractivity contribution in [2.24, 2.45) is 0 Å². The number of thiazole rings is 1. The van der Waals surface area contributed by atoms with Gasteiger partial charge < -0.3 is 15.0 Å². The Morgan fingerprint density at radius 3 is 2.67 bits per heavy atom. The monoisotopic (exact) mass is 303 g/mol. The Balaban J connectivity index is 1.51. The minimum atomic E-state index is 0.704. The Labute approximate surface area is 129 Å². The number of aryl methyl sites for hydroxylation is 1. The molecule has 1 aliphatic heterocycles. The smallest absolute Gasteiger partial charge is 0.119 e. The number of rotatable bonds is 5. The first-order valence-electron chi connectivity index (χ1n) is 7.40. The van der Waals surface area contributed by atoms with Crippen LogP contribution in [0.3, 0.4) is 0 Å². The van der Waals surface area contributed by atoms with Crippen LogP contribution in [-0.4, -0.2) is 37.8 Å². The van der Waals surface area contributed by atoms with E-state index >= 15 is 0 Å². The average Bonchev–Trinajstić information content (AvgIpc) is 2.94. The van der Waals surface area contributed by atoms with Crippen LogP contribution in [0.25, 0.3) is 0 Å². The summed E-state index contributed by atoms with van der Waals surface area (Å²) >= 11 is 1.70. The molecule has 0 spiro atoms. The molecule has 3 rings (SSSR count). The van der Waals surface area contributed by atoms with E-state index in [1.165, 1.54) is 10.6 Å². The zero-order valence-electron chi connectivity index (χ0n) is 12.3. The molecule has 5 heteroatoms. The first-order chi connectivity index (χ1) is 10.3. The minimum Gasteiger partial charge on any atom is -0.493 e. The van der Waals surface area contributed by atoms with Gasteiger partial charge in [-0.15, -0.1) is 11.3 Å². The van der Waals surface area contributed by atoms with E-state index in [0.29, 0.717) is 6.61 Å². The number of piperazine rings is 1. The highest BCUT2D eigenvalue weighted by atomic mass is 32.1. The number of hydrogen-bond acceptors (Lipinski definition) is 5. The number of nitrogens with zero attached hydrogens (tertiary/aromatic N) is 2. The van der Waals surface area contributed by atoms with Crippen LogP contribution in [0.4, 0.5) is 5.69 Å². The highest BCUT2D eigenvalue weighted by Gasteiger charge is 2.10. The second-order valence-corrected chi connectivity index (χ2v) is 6.13. The second kappa shape index (κ2) is 6.91. The molecule has 0 unspecified atom stereocenters. The lowest BCUT2D eigenvalue weighted by Crippen LogP contribution is -2.43. The average molecular weight is 303 g/mol. The van der Waals surface area contributed by atoms with Gasteiger partial charge in [0.2, 0.25) is 0 Å². The Kier molecular flexibility index (Phi) is 4.72. The summed E-state index contributed by atoms with van der Waals surface area (Å²) in [5, 5.41) is 3.37. The van der Waals surface area contributed by atoms with Crippen LogP contribution in [0, 0.1) is 6.92 Å². The lowest BCUT2D eigenvalue weighted by molar-refractivity contribution is 0.322. The van der Waals surface area contributed by atoms with E-state index in [9.17, 15) is 0 Å². The van der Waals surface area contributed by atoms with Gasteiger partial charge in [0.05, 0.1) is 17.8 Å². The second-order valence-electron chi connectivity index (χ2n) is 5.19. The van der Waals surface area contributed by atoms with Gasteiger partial charge in [-0.3, -0.25) is 0 Å². The van der Waals surface area contributed by atoms with Gasteiger partial charge in [-0.25, -0.2) is 4.98 Å². The van der Waals surface area contributed by atoms with Gasteiger partial charge in [-0.2, -0.15) is 0 Å². The maximum absolute atomic E-state index is 5.82. The zero-order chi connectivity index (χ0) is 14.5. The molecule has 4 nitrogen and oxygen atoms in total. The normalized spacial score (nSPS) is 15.2. The molecular weight excluding hydrogens is 282 g/mol. The van der Waals surface area contributed by atoms with Gasteiger partial charge >= 0.3 is 0 Å². The third kappa shape index (κ3) is 3.74. The summed E-state index contributed by atoms with van der Waals surface area (Å²) in [5.74, 6) is 0.941. The van der Waals surface area contributed by atoms with Crippen LogP contribution in [0.5, 0.6) is 5.75 Å². The highest BCUT2D eigenvalue weighted by molar-refractivity contribution is 7.09. The summed E-state index contributed by atoms with van der Waals surface area (Å²) in [6.07, 6.45) is 0.927. The molecule has 1 aliphatic rings. The third-order valence-electron chi connectivity index (χ3n) is 3.76. The summed E-state index contributed by atoms with van der Waals surface area (Å²) < 4.78 is 5.82. The number of anilines is 1. The molecular formula is C16H21N3OS. The van der Waals surface area contributed by atoms with E-state index in [1.54, 1.807) is 11.3 Å². The predicted octanol–water partition coefficient (Wildman–Crippen LogP) is 2.48. The standard InChI is InChI=1S/C16H21N3OS/c1-13-16(21-12-18-13)6-11-20-15-4-2-14(3-5-15)19-9-7-17-8-10-19/h2-5,12,17H,6-11H2,1H3. The Bertz CT molecular complexity index is 561. The van der Waals surface area contributed by atoms with E-state index in [2.05, 4.69) is 39.5 Å². The summed E-state index contributed by atoms with van der Waals surface area (Å²) in [5.41, 5.74) is 4.30. The zero-order valence-corrected chi connectivity index (χ0v) is 13.2. The van der Waals surface area contributed by atoms with Crippen molar-refractivity contribution in [2.45, 2.75) is 13.3 Å². The number of ether oxygens (including phenoxy) is 1. The van der Waals surface area contributed by atoms with Gasteiger partial charge in [-0.1, -0.05) is 0 Å². The fourth-order valence-corrected chi connectivity index (χ4v) is 3.27. The van der Waals surface area contributed by atoms with Crippen LogP contribution >= 0.6 is 11.3 Å². The van der Waals surface area contributed by atoms with Gasteiger partial charge in [0.15, 0.2) is 0 Å². The maximum Gasteiger partial charge on any atom is 0.119 e. The van der Waals surface area contributed by atoms with Gasteiger partial charge in [-0.05, 0) is 31.2 Å². The topological polar surface area (TPSA) is 37.4 Å². The van der Waals surface area contributed by atoms with Crippen LogP contribution in [-0.2, 0) is 6.42 Å². The van der Waals surface area contributed by atoms with E-state index in [4.69, 9.17) is 4.74 Å². The number of aromatic nitrogens is 1. The first kappa shape index (κ1) is 14.4. The summed E-state index contributed by atoms with van der Waals surface area (Å²) in [7, 11) is 0. The predicted molar refractivity (Wildman–Crippen MR) is 87.6 cm³/mol. The lowest BCUT2D eigenvalue weighted by atomic mass is 10.2. The van der Waals surface area contributed by atoms with Crippen molar-refractivity contribution in [1.82, 2.24) is 10.3 Å². The van der Waals surface area contributed by atoms with Crippen molar-refractivity contribution < 1.29 is 4.74 Å². The number of hydrogen-bond donors (Lipinski definition) is 1. The molecule has 1 saturated heterocycles. The van der Waals surface area contributed by atoms with Crippen molar-refractivity contribution in [3.05, 3.63) is 40.3 Å². The molecule has 0 radical (unpaired) electrons. The Morgan fingerprint density at radius 2 is 2.00 bits per heavy atom. The fraction of sp³-hybridized carbons (Fsp3) is 0.438. The lowest BCUT2D eigenvalue weighted by Gasteiger charge is -2.29. The molecule has 1 N–H and O–H groups in total. The van der Waals surface area contributed by atoms with Gasteiger partial charge in [0.25, 0.3) is 0 Å². The molecule has 0 saturated carbocycles. The molecule has 112 valence electrons. The van der Waals surface area contributed by atoms with Crippen LogP contribution in [0.15, 0.2) is 29.8 Å². The summed E-state index contributed by atoms with van der Waals surface area (Å²) in [6.45, 7) is 7.03. The third-order valence-corrected chi connectivity index (χ3v) is 4.76. The van der Waals surface area contributed by atoms with E-state index in [1.807, 2.05) is 12.4 Å². The van der Waals surface area contributed by atoms with Crippen molar-refractivity contribution in [3.8, 4) is 5.75 Å². The van der Waals surface area contributed by atoms with Crippen LogP contribution in [0.1, 0.15) is 10.6 Å².